The summed E-state index contributed by atoms with van der Waals surface area (Å²) in [5, 5.41) is 28.1. The van der Waals surface area contributed by atoms with E-state index in [0.29, 0.717) is 17.7 Å². The van der Waals surface area contributed by atoms with E-state index in [9.17, 15) is 43.5 Å². The summed E-state index contributed by atoms with van der Waals surface area (Å²) in [5.41, 5.74) is 28.5. The van der Waals surface area contributed by atoms with Gasteiger partial charge in [0.2, 0.25) is 41.4 Å². The lowest BCUT2D eigenvalue weighted by Crippen LogP contribution is -2.61. The maximum Gasteiger partial charge on any atom is 0.327 e. The standard InChI is InChI=1S/C43H74N14O9S3/c1-6-24(4)33(57-34(58)26(44)21-67)40(64)54-30(20-25-12-8-7-9-13-25)38(62)56-32(23(2)3)39(63)53-28(15-11-18-50-43(47)48)35(59)52-29(16-19-69-5)37(61)51-27(14-10-17-49-42(45)46)36(60)55-31(22-68)41(65)66/h7-9,12-13,23-24,26-33,67-68H,6,10-11,14-22,44H2,1-5H3,(H,51,61)(H,52,59)(H,53,63)(H,54,64)(H,55,60)(H,56,62)(H,57,58)(H,65,66)(H4,45,46,49)(H4,47,48,50)/t24-,26-,27-,28-,29-,30-,31-,32-,33-/m0/s1. The monoisotopic (exact) mass is 1030 g/mol. The van der Waals surface area contributed by atoms with E-state index in [-0.39, 0.29) is 81.0 Å². The number of nitrogens with zero attached hydrogens (tertiary/aromatic N) is 2. The fourth-order valence-electron chi connectivity index (χ4n) is 6.47. The van der Waals surface area contributed by atoms with Crippen molar-refractivity contribution in [2.75, 3.05) is 36.6 Å². The first-order valence-corrected chi connectivity index (χ1v) is 25.2. The molecule has 0 saturated carbocycles. The number of carboxylic acids is 1. The quantitative estimate of drug-likeness (QED) is 0.0149. The Labute approximate surface area is 419 Å². The molecule has 0 heterocycles. The fraction of sp³-hybridized carbons (Fsp3) is 0.628. The Morgan fingerprint density at radius 1 is 0.609 bits per heavy atom. The minimum Gasteiger partial charge on any atom is -0.480 e. The molecule has 0 unspecified atom stereocenters. The van der Waals surface area contributed by atoms with Crippen molar-refractivity contribution in [1.82, 2.24) is 37.2 Å². The number of nitrogens with one attached hydrogen (secondary N) is 7. The molecule has 7 amide bonds. The molecule has 0 saturated heterocycles. The second-order valence-electron chi connectivity index (χ2n) is 16.6. The number of aliphatic imine (C=N–C) groups is 2. The Morgan fingerprint density at radius 3 is 1.48 bits per heavy atom. The van der Waals surface area contributed by atoms with Gasteiger partial charge in [0.1, 0.15) is 42.3 Å². The predicted molar refractivity (Wildman–Crippen MR) is 274 cm³/mol. The van der Waals surface area contributed by atoms with Crippen LogP contribution in [0.25, 0.3) is 0 Å². The molecule has 0 aromatic heterocycles. The van der Waals surface area contributed by atoms with Crippen LogP contribution in [0.1, 0.15) is 71.8 Å². The van der Waals surface area contributed by atoms with Gasteiger partial charge in [0.05, 0.1) is 6.04 Å². The summed E-state index contributed by atoms with van der Waals surface area (Å²) in [6.07, 6.45) is 2.70. The molecule has 0 aliphatic rings. The fourth-order valence-corrected chi connectivity index (χ4v) is 7.35. The number of thiol groups is 2. The minimum atomic E-state index is -1.37. The van der Waals surface area contributed by atoms with E-state index in [4.69, 9.17) is 28.7 Å². The van der Waals surface area contributed by atoms with E-state index in [0.717, 1.165) is 0 Å². The summed E-state index contributed by atoms with van der Waals surface area (Å²) in [7, 11) is 0. The van der Waals surface area contributed by atoms with Crippen molar-refractivity contribution in [2.24, 2.45) is 50.5 Å². The molecule has 1 aromatic carbocycles. The second kappa shape index (κ2) is 33.1. The zero-order valence-electron chi connectivity index (χ0n) is 39.9. The lowest BCUT2D eigenvalue weighted by Gasteiger charge is -2.30. The lowest BCUT2D eigenvalue weighted by atomic mass is 9.96. The van der Waals surface area contributed by atoms with Gasteiger partial charge in [0.15, 0.2) is 11.9 Å². The molecule has 0 bridgehead atoms. The maximum absolute atomic E-state index is 14.2. The summed E-state index contributed by atoms with van der Waals surface area (Å²) in [5.74, 6) is -7.63. The summed E-state index contributed by atoms with van der Waals surface area (Å²) >= 11 is 9.46. The van der Waals surface area contributed by atoms with Crippen molar-refractivity contribution >= 4 is 96.3 Å². The van der Waals surface area contributed by atoms with Crippen LogP contribution in [0.4, 0.5) is 0 Å². The number of carboxylic acid groups (broad SMARTS) is 1. The van der Waals surface area contributed by atoms with Crippen LogP contribution in [-0.4, -0.2) is 149 Å². The van der Waals surface area contributed by atoms with Crippen LogP contribution in [0, 0.1) is 11.8 Å². The summed E-state index contributed by atoms with van der Waals surface area (Å²) in [6, 6.07) is -0.935. The van der Waals surface area contributed by atoms with Gasteiger partial charge in [-0.15, -0.1) is 0 Å². The van der Waals surface area contributed by atoms with Crippen LogP contribution in [-0.2, 0) is 44.8 Å². The highest BCUT2D eigenvalue weighted by atomic mass is 32.2. The first kappa shape index (κ1) is 61.5. The zero-order chi connectivity index (χ0) is 52.2. The molecule has 388 valence electrons. The van der Waals surface area contributed by atoms with E-state index in [1.54, 1.807) is 57.4 Å². The van der Waals surface area contributed by atoms with Gasteiger partial charge in [-0.25, -0.2) is 4.79 Å². The number of carbonyl (C=O) groups excluding carboxylic acids is 7. The number of hydrogen-bond acceptors (Lipinski definition) is 14. The molecule has 0 aliphatic heterocycles. The van der Waals surface area contributed by atoms with Crippen LogP contribution < -0.4 is 65.9 Å². The Kier molecular flexibility index (Phi) is 29.6. The normalized spacial score (nSPS) is 14.9. The molecular weight excluding hydrogens is 953 g/mol. The van der Waals surface area contributed by atoms with E-state index in [1.807, 2.05) is 6.92 Å². The summed E-state index contributed by atoms with van der Waals surface area (Å²) in [4.78, 5) is 116. The van der Waals surface area contributed by atoms with Gasteiger partial charge in [-0.3, -0.25) is 43.5 Å². The predicted octanol–water partition coefficient (Wildman–Crippen LogP) is -2.54. The van der Waals surface area contributed by atoms with Crippen LogP contribution in [0.5, 0.6) is 0 Å². The van der Waals surface area contributed by atoms with Gasteiger partial charge in [-0.05, 0) is 61.5 Å². The van der Waals surface area contributed by atoms with Crippen LogP contribution in [0.3, 0.4) is 0 Å². The largest absolute Gasteiger partial charge is 0.480 e. The van der Waals surface area contributed by atoms with Gasteiger partial charge in [-0.2, -0.15) is 37.0 Å². The van der Waals surface area contributed by atoms with Gasteiger partial charge < -0.3 is 71.0 Å². The minimum absolute atomic E-state index is 0.00557. The van der Waals surface area contributed by atoms with Crippen molar-refractivity contribution in [3.05, 3.63) is 35.9 Å². The summed E-state index contributed by atoms with van der Waals surface area (Å²) < 4.78 is 0. The number of aliphatic carboxylic acids is 1. The Hall–Kier alpha value is -5.47. The van der Waals surface area contributed by atoms with Crippen LogP contribution in [0.15, 0.2) is 40.3 Å². The molecule has 69 heavy (non-hydrogen) atoms. The van der Waals surface area contributed by atoms with Crippen molar-refractivity contribution in [3.63, 3.8) is 0 Å². The third-order valence-corrected chi connectivity index (χ3v) is 12.1. The molecule has 26 heteroatoms. The number of benzene rings is 1. The summed E-state index contributed by atoms with van der Waals surface area (Å²) in [6.45, 7) is 7.11. The maximum atomic E-state index is 14.2. The Balaban J connectivity index is 3.55. The van der Waals surface area contributed by atoms with E-state index in [2.05, 4.69) is 72.5 Å². The highest BCUT2D eigenvalue weighted by Crippen LogP contribution is 2.13. The molecule has 23 nitrogen and oxygen atoms in total. The third kappa shape index (κ3) is 23.6. The molecule has 0 radical (unpaired) electrons. The number of guanidine groups is 2. The number of thioether (sulfide) groups is 1. The average Bonchev–Trinajstić information content (AvgIpc) is 3.30. The first-order chi connectivity index (χ1) is 32.6. The van der Waals surface area contributed by atoms with Gasteiger partial charge >= 0.3 is 5.97 Å². The van der Waals surface area contributed by atoms with Crippen molar-refractivity contribution < 1.29 is 43.5 Å². The Bertz CT molecular complexity index is 1890. The number of rotatable bonds is 33. The number of nitrogens with two attached hydrogens (primary N) is 5. The number of amides is 7. The molecule has 0 spiro atoms. The van der Waals surface area contributed by atoms with Gasteiger partial charge in [0, 0.05) is 31.0 Å². The molecule has 18 N–H and O–H groups in total. The molecule has 0 aliphatic carbocycles. The van der Waals surface area contributed by atoms with E-state index >= 15 is 0 Å². The molecule has 1 aromatic rings. The molecule has 0 fully saturated rings. The highest BCUT2D eigenvalue weighted by molar-refractivity contribution is 7.98. The smallest absolute Gasteiger partial charge is 0.327 e. The van der Waals surface area contributed by atoms with Crippen molar-refractivity contribution in [3.8, 4) is 0 Å². The Morgan fingerprint density at radius 2 is 1.04 bits per heavy atom. The SMILES string of the molecule is CC[C@H](C)[C@H](NC(=O)[C@@H](N)CS)C(=O)N[C@@H](Cc1ccccc1)C(=O)N[C@H](C(=O)N[C@@H](CCCN=C(N)N)C(=O)N[C@@H](CCSC)C(=O)N[C@@H](CCCN=C(N)N)C(=O)N[C@@H](CS)C(=O)O)C(C)C. The van der Waals surface area contributed by atoms with Gasteiger partial charge in [0.25, 0.3) is 0 Å². The number of carbonyl (C=O) groups is 8. The van der Waals surface area contributed by atoms with Crippen molar-refractivity contribution in [1.29, 1.82) is 0 Å². The number of hydrogen-bond donors (Lipinski definition) is 15. The van der Waals surface area contributed by atoms with E-state index < -0.39 is 102 Å². The van der Waals surface area contributed by atoms with Crippen molar-refractivity contribution in [2.45, 2.75) is 121 Å². The van der Waals surface area contributed by atoms with E-state index in [1.165, 1.54) is 11.8 Å². The first-order valence-electron chi connectivity index (χ1n) is 22.6. The highest BCUT2D eigenvalue weighted by Gasteiger charge is 2.36. The molecular formula is C43H74N14O9S3. The van der Waals surface area contributed by atoms with Crippen LogP contribution in [0.2, 0.25) is 0 Å². The molecule has 1 rings (SSSR count). The lowest BCUT2D eigenvalue weighted by molar-refractivity contribution is -0.141. The second-order valence-corrected chi connectivity index (χ2v) is 18.3. The average molecular weight is 1030 g/mol. The van der Waals surface area contributed by atoms with Crippen LogP contribution >= 0.6 is 37.0 Å². The molecule has 9 atom stereocenters. The topological polar surface area (TPSA) is 396 Å². The zero-order valence-corrected chi connectivity index (χ0v) is 42.5. The third-order valence-electron chi connectivity index (χ3n) is 10.7. The van der Waals surface area contributed by atoms with Gasteiger partial charge in [-0.1, -0.05) is 64.4 Å².